The number of para-hydroxylation sites is 2. The molecule has 4 aromatic heterocycles. The molecule has 0 saturated heterocycles. The van der Waals surface area contributed by atoms with E-state index in [0.717, 1.165) is 0 Å². The molecule has 0 aliphatic carbocycles. The van der Waals surface area contributed by atoms with Crippen LogP contribution in [0.5, 0.6) is 0 Å². The first-order valence-electron chi connectivity index (χ1n) is 14.0. The molecule has 0 N–H and O–H groups in total. The topological polar surface area (TPSA) is 8.82 Å². The van der Waals surface area contributed by atoms with Gasteiger partial charge in [0.25, 0.3) is 0 Å². The fraction of sp³-hybridized carbons (Fsp3) is 0.0526. The molecule has 0 amide bonds. The van der Waals surface area contributed by atoms with Crippen LogP contribution in [0.15, 0.2) is 109 Å². The smallest absolute Gasteiger partial charge is 0.0626 e. The van der Waals surface area contributed by atoms with E-state index in [0.29, 0.717) is 0 Å². The van der Waals surface area contributed by atoms with Crippen LogP contribution in [-0.2, 0) is 0 Å². The Hall–Kier alpha value is -5.08. The second-order valence-corrected chi connectivity index (χ2v) is 11.6. The Bertz CT molecular complexity index is 2660. The van der Waals surface area contributed by atoms with E-state index in [2.05, 4.69) is 132 Å². The van der Waals surface area contributed by atoms with Crippen molar-refractivity contribution < 1.29 is 0 Å². The van der Waals surface area contributed by atoms with Crippen molar-refractivity contribution in [3.63, 3.8) is 0 Å². The molecule has 6 aromatic carbocycles. The van der Waals surface area contributed by atoms with Crippen LogP contribution in [0.25, 0.3) is 87.3 Å². The lowest BCUT2D eigenvalue weighted by Gasteiger charge is -2.07. The van der Waals surface area contributed by atoms with Gasteiger partial charge in [0.1, 0.15) is 0 Å². The molecule has 10 rings (SSSR count). The molecule has 186 valence electrons. The van der Waals surface area contributed by atoms with Crippen molar-refractivity contribution in [1.29, 1.82) is 0 Å². The zero-order valence-electron chi connectivity index (χ0n) is 22.3. The van der Waals surface area contributed by atoms with Gasteiger partial charge < -0.3 is 8.80 Å². The van der Waals surface area contributed by atoms with E-state index in [4.69, 9.17) is 0 Å². The maximum atomic E-state index is 2.48. The molecule has 4 heterocycles. The second kappa shape index (κ2) is 6.91. The Morgan fingerprint density at radius 1 is 0.400 bits per heavy atom. The summed E-state index contributed by atoms with van der Waals surface area (Å²) in [6.07, 6.45) is 0. The quantitative estimate of drug-likeness (QED) is 0.209. The van der Waals surface area contributed by atoms with Crippen LogP contribution in [0.1, 0.15) is 11.1 Å². The first-order valence-corrected chi connectivity index (χ1v) is 14.0. The Morgan fingerprint density at radius 2 is 1.00 bits per heavy atom. The largest absolute Gasteiger partial charge is 0.308 e. The summed E-state index contributed by atoms with van der Waals surface area (Å²) in [6, 6.07) is 41.0. The Balaban J connectivity index is 1.36. The molecule has 0 fully saturated rings. The average molecular weight is 509 g/mol. The maximum absolute atomic E-state index is 2.48. The third-order valence-electron chi connectivity index (χ3n) is 9.25. The number of aromatic nitrogens is 2. The van der Waals surface area contributed by atoms with E-state index in [-0.39, 0.29) is 0 Å². The summed E-state index contributed by atoms with van der Waals surface area (Å²) in [5, 5.41) is 10.7. The summed E-state index contributed by atoms with van der Waals surface area (Å²) in [4.78, 5) is 0. The molecular weight excluding hydrogens is 484 g/mol. The molecule has 0 aliphatic heterocycles. The third kappa shape index (κ3) is 2.33. The van der Waals surface area contributed by atoms with Crippen molar-refractivity contribution in [2.75, 3.05) is 0 Å². The lowest BCUT2D eigenvalue weighted by molar-refractivity contribution is 1.36. The van der Waals surface area contributed by atoms with Gasteiger partial charge in [-0.15, -0.1) is 0 Å². The van der Waals surface area contributed by atoms with Crippen LogP contribution in [0.2, 0.25) is 0 Å². The van der Waals surface area contributed by atoms with Gasteiger partial charge in [-0.25, -0.2) is 0 Å². The molecule has 0 unspecified atom stereocenters. The fourth-order valence-electron chi connectivity index (χ4n) is 7.68. The minimum atomic E-state index is 1.27. The van der Waals surface area contributed by atoms with Gasteiger partial charge in [-0.2, -0.15) is 0 Å². The van der Waals surface area contributed by atoms with Crippen LogP contribution < -0.4 is 0 Å². The summed E-state index contributed by atoms with van der Waals surface area (Å²) < 4.78 is 4.95. The van der Waals surface area contributed by atoms with Crippen LogP contribution in [0, 0.1) is 13.8 Å². The van der Waals surface area contributed by atoms with E-state index in [9.17, 15) is 0 Å². The highest BCUT2D eigenvalue weighted by atomic mass is 14.9. The first kappa shape index (κ1) is 20.8. The summed E-state index contributed by atoms with van der Waals surface area (Å²) in [7, 11) is 0. The second-order valence-electron chi connectivity index (χ2n) is 11.6. The maximum Gasteiger partial charge on any atom is 0.0626 e. The van der Waals surface area contributed by atoms with E-state index in [1.54, 1.807) is 0 Å². The number of fused-ring (bicyclic) bond motifs is 12. The van der Waals surface area contributed by atoms with Crippen molar-refractivity contribution in [3.05, 3.63) is 120 Å². The highest BCUT2D eigenvalue weighted by molar-refractivity contribution is 6.28. The summed E-state index contributed by atoms with van der Waals surface area (Å²) in [5.74, 6) is 0. The van der Waals surface area contributed by atoms with Gasteiger partial charge >= 0.3 is 0 Å². The SMILES string of the molecule is Cc1ccc2c(c1)c1ccc(-c3ccc4c(c3)c3cc(C)cc5c6ccccc6n4c53)c3c4ccccc4n2c13. The molecule has 2 nitrogen and oxygen atoms in total. The van der Waals surface area contributed by atoms with Gasteiger partial charge in [0.15, 0.2) is 0 Å². The van der Waals surface area contributed by atoms with Gasteiger partial charge in [0, 0.05) is 43.1 Å². The van der Waals surface area contributed by atoms with Crippen LogP contribution in [0.4, 0.5) is 0 Å². The Labute approximate surface area is 230 Å². The molecule has 0 aliphatic rings. The summed E-state index contributed by atoms with van der Waals surface area (Å²) in [6.45, 7) is 4.40. The van der Waals surface area contributed by atoms with Crippen LogP contribution in [-0.4, -0.2) is 8.80 Å². The monoisotopic (exact) mass is 508 g/mol. The van der Waals surface area contributed by atoms with Gasteiger partial charge in [-0.05, 0) is 79.1 Å². The molecule has 0 saturated carbocycles. The molecule has 10 aromatic rings. The third-order valence-corrected chi connectivity index (χ3v) is 9.25. The lowest BCUT2D eigenvalue weighted by Crippen LogP contribution is -1.83. The number of aryl methyl sites for hydroxylation is 2. The standard InChI is InChI=1S/C38H24N2/c1-21-11-15-34-28(17-21)26-14-13-24(36-27-8-4-6-10-33(27)40(34)38(26)36)23-12-16-35-29(20-23)31-19-22(2)18-30-25-7-3-5-9-32(25)39(35)37(30)31/h3-20H,1-2H3. The number of rotatable bonds is 1. The average Bonchev–Trinajstić information content (AvgIpc) is 3.69. The van der Waals surface area contributed by atoms with Gasteiger partial charge in [-0.3, -0.25) is 0 Å². The van der Waals surface area contributed by atoms with Gasteiger partial charge in [0.2, 0.25) is 0 Å². The molecule has 0 radical (unpaired) electrons. The van der Waals surface area contributed by atoms with E-state index >= 15 is 0 Å². The van der Waals surface area contributed by atoms with Crippen molar-refractivity contribution >= 4 is 76.2 Å². The summed E-state index contributed by atoms with van der Waals surface area (Å²) >= 11 is 0. The predicted octanol–water partition coefficient (Wildman–Crippen LogP) is 10.3. The first-order chi connectivity index (χ1) is 19.7. The number of nitrogens with zero attached hydrogens (tertiary/aromatic N) is 2. The summed E-state index contributed by atoms with van der Waals surface area (Å²) in [5.41, 5.74) is 12.9. The van der Waals surface area contributed by atoms with Crippen LogP contribution in [0.3, 0.4) is 0 Å². The number of benzene rings is 6. The van der Waals surface area contributed by atoms with Gasteiger partial charge in [0.05, 0.1) is 33.1 Å². The normalized spacial score (nSPS) is 12.8. The molecular formula is C38H24N2. The van der Waals surface area contributed by atoms with Crippen molar-refractivity contribution in [2.24, 2.45) is 0 Å². The van der Waals surface area contributed by atoms with E-state index in [1.807, 2.05) is 0 Å². The van der Waals surface area contributed by atoms with E-state index < -0.39 is 0 Å². The predicted molar refractivity (Wildman–Crippen MR) is 171 cm³/mol. The highest BCUT2D eigenvalue weighted by Crippen LogP contribution is 2.45. The van der Waals surface area contributed by atoms with Crippen molar-refractivity contribution in [2.45, 2.75) is 13.8 Å². The molecule has 0 bridgehead atoms. The number of hydrogen-bond donors (Lipinski definition) is 0. The zero-order chi connectivity index (χ0) is 26.3. The number of hydrogen-bond acceptors (Lipinski definition) is 0. The molecule has 2 heteroatoms. The van der Waals surface area contributed by atoms with Crippen LogP contribution >= 0.6 is 0 Å². The van der Waals surface area contributed by atoms with Gasteiger partial charge in [-0.1, -0.05) is 66.2 Å². The fourth-order valence-corrected chi connectivity index (χ4v) is 7.68. The Morgan fingerprint density at radius 3 is 1.82 bits per heavy atom. The van der Waals surface area contributed by atoms with Crippen molar-refractivity contribution in [1.82, 2.24) is 8.80 Å². The molecule has 0 spiro atoms. The van der Waals surface area contributed by atoms with E-state index in [1.165, 1.54) is 98.4 Å². The minimum Gasteiger partial charge on any atom is -0.308 e. The zero-order valence-corrected chi connectivity index (χ0v) is 22.3. The van der Waals surface area contributed by atoms with Crippen molar-refractivity contribution in [3.8, 4) is 11.1 Å². The molecule has 40 heavy (non-hydrogen) atoms. The Kier molecular flexibility index (Phi) is 3.60. The minimum absolute atomic E-state index is 1.27. The highest BCUT2D eigenvalue weighted by Gasteiger charge is 2.22. The lowest BCUT2D eigenvalue weighted by atomic mass is 9.95. The molecule has 0 atom stereocenters.